The first-order chi connectivity index (χ1) is 35.3. The number of nitrogens with zero attached hydrogens (tertiary/aromatic N) is 4. The Morgan fingerprint density at radius 1 is 0.458 bits per heavy atom. The molecule has 5 heteroatoms. The Morgan fingerprint density at radius 2 is 1.01 bits per heavy atom. The summed E-state index contributed by atoms with van der Waals surface area (Å²) in [6, 6.07) is 83.2. The molecule has 0 N–H and O–H groups in total. The van der Waals surface area contributed by atoms with E-state index < -0.39 is 5.41 Å². The van der Waals surface area contributed by atoms with Gasteiger partial charge < -0.3 is 14.5 Å². The molecule has 0 bridgehead atoms. The minimum Gasteiger partial charge on any atom is -0.457 e. The lowest BCUT2D eigenvalue weighted by Gasteiger charge is -2.34. The molecule has 346 valence electrons. The summed E-state index contributed by atoms with van der Waals surface area (Å²) in [4.78, 5) is 9.75. The van der Waals surface area contributed by atoms with Gasteiger partial charge in [0.2, 0.25) is 0 Å². The highest BCUT2D eigenvalue weighted by Gasteiger charge is 2.46. The summed E-state index contributed by atoms with van der Waals surface area (Å²) in [5.41, 5.74) is 17.2. The fraction of sp³-hybridized carbons (Fsp3) is 0.0896. The van der Waals surface area contributed by atoms with Gasteiger partial charge in [0.25, 0.3) is 0 Å². The van der Waals surface area contributed by atoms with Gasteiger partial charge in [-0.3, -0.25) is 4.57 Å². The van der Waals surface area contributed by atoms with Crippen molar-refractivity contribution < 1.29 is 4.74 Å². The number of hydrogen-bond acceptors (Lipinski definition) is 4. The molecule has 2 aliphatic rings. The fourth-order valence-electron chi connectivity index (χ4n) is 11.4. The van der Waals surface area contributed by atoms with Gasteiger partial charge in [0.05, 0.1) is 28.8 Å². The van der Waals surface area contributed by atoms with E-state index in [-0.39, 0.29) is 5.41 Å². The molecule has 72 heavy (non-hydrogen) atoms. The van der Waals surface area contributed by atoms with E-state index in [2.05, 4.69) is 272 Å². The molecule has 1 aliphatic carbocycles. The number of benzene rings is 9. The smallest absolute Gasteiger partial charge is 0.137 e. The van der Waals surface area contributed by atoms with Crippen molar-refractivity contribution in [2.24, 2.45) is 0 Å². The van der Waals surface area contributed by atoms with Crippen LogP contribution in [0.3, 0.4) is 0 Å². The zero-order chi connectivity index (χ0) is 48.4. The topological polar surface area (TPSA) is 33.5 Å². The van der Waals surface area contributed by atoms with Crippen LogP contribution in [-0.4, -0.2) is 16.2 Å². The van der Waals surface area contributed by atoms with Gasteiger partial charge in [0.15, 0.2) is 0 Å². The molecular weight excluding hydrogens is 877 g/mol. The van der Waals surface area contributed by atoms with E-state index in [9.17, 15) is 0 Å². The largest absolute Gasteiger partial charge is 0.457 e. The average Bonchev–Trinajstić information content (AvgIpc) is 4.13. The van der Waals surface area contributed by atoms with E-state index in [1.165, 1.54) is 66.9 Å². The van der Waals surface area contributed by atoms with Crippen molar-refractivity contribution in [1.29, 1.82) is 0 Å². The van der Waals surface area contributed by atoms with Crippen molar-refractivity contribution in [1.82, 2.24) is 9.55 Å². The lowest BCUT2D eigenvalue weighted by atomic mass is 9.67. The monoisotopic (exact) mass is 928 g/mol. The summed E-state index contributed by atoms with van der Waals surface area (Å²) in [6.07, 6.45) is 6.31. The number of fused-ring (bicyclic) bond motifs is 6. The predicted octanol–water partition coefficient (Wildman–Crippen LogP) is 16.7. The van der Waals surface area contributed by atoms with Crippen LogP contribution in [0.15, 0.2) is 249 Å². The molecule has 9 aromatic carbocycles. The number of anilines is 2. The molecule has 5 nitrogen and oxygen atoms in total. The number of para-hydroxylation sites is 1. The number of hydrogen-bond donors (Lipinski definition) is 0. The molecule has 0 amide bonds. The maximum atomic E-state index is 6.88. The van der Waals surface area contributed by atoms with Crippen LogP contribution < -0.4 is 14.5 Å². The van der Waals surface area contributed by atoms with Crippen LogP contribution in [-0.2, 0) is 10.8 Å². The second-order valence-corrected chi connectivity index (χ2v) is 20.0. The molecule has 0 unspecified atom stereocenters. The highest BCUT2D eigenvalue weighted by molar-refractivity contribution is 6.10. The van der Waals surface area contributed by atoms with E-state index in [0.29, 0.717) is 6.67 Å². The van der Waals surface area contributed by atoms with Crippen molar-refractivity contribution in [3.63, 3.8) is 0 Å². The molecule has 0 saturated heterocycles. The Kier molecular flexibility index (Phi) is 10.3. The van der Waals surface area contributed by atoms with Crippen molar-refractivity contribution in [3.8, 4) is 50.7 Å². The zero-order valence-electron chi connectivity index (χ0n) is 40.6. The van der Waals surface area contributed by atoms with Gasteiger partial charge >= 0.3 is 0 Å². The van der Waals surface area contributed by atoms with E-state index in [0.717, 1.165) is 44.8 Å². The molecule has 0 radical (unpaired) electrons. The summed E-state index contributed by atoms with van der Waals surface area (Å²) in [5.74, 6) is 2.38. The maximum Gasteiger partial charge on any atom is 0.137 e. The van der Waals surface area contributed by atoms with Crippen LogP contribution in [0.25, 0.3) is 61.0 Å². The Hall–Kier alpha value is -8.93. The Morgan fingerprint density at radius 3 is 1.68 bits per heavy atom. The highest BCUT2D eigenvalue weighted by atomic mass is 16.5. The van der Waals surface area contributed by atoms with Crippen molar-refractivity contribution in [2.75, 3.05) is 16.5 Å². The van der Waals surface area contributed by atoms with E-state index in [1.807, 2.05) is 12.3 Å². The minimum absolute atomic E-state index is 0.0768. The van der Waals surface area contributed by atoms with Gasteiger partial charge in [-0.2, -0.15) is 0 Å². The number of rotatable bonds is 9. The van der Waals surface area contributed by atoms with Crippen molar-refractivity contribution in [3.05, 3.63) is 277 Å². The van der Waals surface area contributed by atoms with Crippen LogP contribution in [0.1, 0.15) is 48.6 Å². The van der Waals surface area contributed by atoms with Crippen LogP contribution >= 0.6 is 0 Å². The van der Waals surface area contributed by atoms with Gasteiger partial charge in [0, 0.05) is 58.3 Å². The molecule has 2 aromatic heterocycles. The van der Waals surface area contributed by atoms with Crippen molar-refractivity contribution >= 4 is 33.2 Å². The Balaban J connectivity index is 0.902. The molecule has 0 spiro atoms. The van der Waals surface area contributed by atoms with Crippen molar-refractivity contribution in [2.45, 2.75) is 31.6 Å². The van der Waals surface area contributed by atoms with Gasteiger partial charge in [-0.25, -0.2) is 4.98 Å². The Labute approximate surface area is 421 Å². The molecule has 1 aliphatic heterocycles. The molecule has 13 rings (SSSR count). The van der Waals surface area contributed by atoms with E-state index in [1.54, 1.807) is 0 Å². The predicted molar refractivity (Wildman–Crippen MR) is 297 cm³/mol. The third-order valence-corrected chi connectivity index (χ3v) is 14.8. The van der Waals surface area contributed by atoms with Gasteiger partial charge in [-0.1, -0.05) is 197 Å². The maximum absolute atomic E-state index is 6.88. The van der Waals surface area contributed by atoms with Gasteiger partial charge in [-0.15, -0.1) is 0 Å². The summed E-state index contributed by atoms with van der Waals surface area (Å²) in [7, 11) is 0. The summed E-state index contributed by atoms with van der Waals surface area (Å²) in [5, 5.41) is 2.29. The molecule has 0 fully saturated rings. The van der Waals surface area contributed by atoms with Crippen LogP contribution in [0.5, 0.6) is 11.5 Å². The lowest BCUT2D eigenvalue weighted by molar-refractivity contribution is 0.483. The van der Waals surface area contributed by atoms with Crippen LogP contribution in [0.4, 0.5) is 11.4 Å². The highest BCUT2D eigenvalue weighted by Crippen LogP contribution is 2.56. The summed E-state index contributed by atoms with van der Waals surface area (Å²) in [6.45, 7) is 7.42. The quantitative estimate of drug-likeness (QED) is 0.144. The SMILES string of the molecule is CC(C)(C)c1ccnc(-n2c3cc(Oc4cccc(N5C=CN(c6c(-c7ccccc7)cccc6-c6ccccc6)C5)c4)ccc3c3ccc(C4(c5ccccc5)c5ccccc5-c5ccccc54)cc32)c1. The average molecular weight is 929 g/mol. The standard InChI is InChI=1S/C67H52N4O/c1-66(2,3)49-37-38-68-64(42-49)71-62-41-50(67(48-23-11-6-12-24-48)60-31-15-13-27-56(60)57-28-14-16-32-61(57)67)33-35-58(62)59-36-34-53(44-63(59)71)72-52-26-17-25-51(43-52)69-39-40-70(45-69)65-54(46-19-7-4-8-20-46)29-18-30-55(65)47-21-9-5-10-22-47/h4-44H,45H2,1-3H3. The second-order valence-electron chi connectivity index (χ2n) is 20.0. The Bertz CT molecular complexity index is 3770. The molecule has 0 saturated carbocycles. The number of ether oxygens (including phenoxy) is 1. The van der Waals surface area contributed by atoms with E-state index in [4.69, 9.17) is 9.72 Å². The first-order valence-corrected chi connectivity index (χ1v) is 24.9. The minimum atomic E-state index is -0.541. The zero-order valence-corrected chi connectivity index (χ0v) is 40.6. The first-order valence-electron chi connectivity index (χ1n) is 24.9. The molecule has 11 aromatic rings. The molecule has 0 atom stereocenters. The first kappa shape index (κ1) is 43.1. The molecular formula is C67H52N4O. The van der Waals surface area contributed by atoms with E-state index >= 15 is 0 Å². The number of aromatic nitrogens is 2. The lowest BCUT2D eigenvalue weighted by Crippen LogP contribution is -2.28. The van der Waals surface area contributed by atoms with Crippen LogP contribution in [0.2, 0.25) is 0 Å². The fourth-order valence-corrected chi connectivity index (χ4v) is 11.4. The third-order valence-electron chi connectivity index (χ3n) is 14.8. The van der Waals surface area contributed by atoms with Crippen LogP contribution in [0, 0.1) is 0 Å². The third kappa shape index (κ3) is 7.11. The summed E-state index contributed by atoms with van der Waals surface area (Å²) >= 11 is 0. The van der Waals surface area contributed by atoms with Gasteiger partial charge in [0.1, 0.15) is 17.3 Å². The second kappa shape index (κ2) is 17.2. The normalized spacial score (nSPS) is 13.7. The summed E-state index contributed by atoms with van der Waals surface area (Å²) < 4.78 is 9.22. The van der Waals surface area contributed by atoms with Gasteiger partial charge in [-0.05, 0) is 98.0 Å². The molecule has 3 heterocycles. The number of pyridine rings is 1.